The number of halogens is 1. The van der Waals surface area contributed by atoms with Gasteiger partial charge in [0.05, 0.1) is 12.6 Å². The van der Waals surface area contributed by atoms with Crippen molar-refractivity contribution in [2.45, 2.75) is 25.4 Å². The highest BCUT2D eigenvalue weighted by molar-refractivity contribution is 9.10. The van der Waals surface area contributed by atoms with Crippen LogP contribution in [0.2, 0.25) is 0 Å². The lowest BCUT2D eigenvalue weighted by molar-refractivity contribution is -0.134. The van der Waals surface area contributed by atoms with E-state index in [2.05, 4.69) is 15.9 Å². The number of aliphatic hydroxyl groups is 1. The zero-order chi connectivity index (χ0) is 21.1. The second-order valence-electron chi connectivity index (χ2n) is 6.52. The Morgan fingerprint density at radius 1 is 1.07 bits per heavy atom. The summed E-state index contributed by atoms with van der Waals surface area (Å²) >= 11 is 6.29. The van der Waals surface area contributed by atoms with Crippen LogP contribution in [0.15, 0.2) is 59.1 Å². The van der Waals surface area contributed by atoms with Crippen molar-refractivity contribution in [1.29, 1.82) is 0 Å². The normalized spacial score (nSPS) is 11.8. The van der Waals surface area contributed by atoms with Crippen LogP contribution >= 0.6 is 39.5 Å². The third kappa shape index (κ3) is 8.16. The number of hydrogen-bond acceptors (Lipinski definition) is 5. The highest BCUT2D eigenvalue weighted by atomic mass is 79.9. The monoisotopic (exact) mass is 495 g/mol. The maximum absolute atomic E-state index is 13.0. The van der Waals surface area contributed by atoms with Gasteiger partial charge in [0.1, 0.15) is 0 Å². The van der Waals surface area contributed by atoms with Crippen LogP contribution in [-0.2, 0) is 11.3 Å². The van der Waals surface area contributed by atoms with E-state index in [1.807, 2.05) is 48.7 Å². The minimum absolute atomic E-state index is 0.0287. The summed E-state index contributed by atoms with van der Waals surface area (Å²) in [6.45, 7) is 0.377. The number of aliphatic hydroxyl groups excluding tert-OH is 1. The molecule has 4 nitrogen and oxygen atoms in total. The molecule has 2 rings (SSSR count). The highest BCUT2D eigenvalue weighted by Crippen LogP contribution is 2.19. The first-order valence-electron chi connectivity index (χ1n) is 9.41. The minimum Gasteiger partial charge on any atom is -0.394 e. The molecule has 0 unspecified atom stereocenters. The first kappa shape index (κ1) is 24.0. The zero-order valence-corrected chi connectivity index (χ0v) is 19.6. The molecule has 0 aliphatic rings. The van der Waals surface area contributed by atoms with Gasteiger partial charge in [-0.05, 0) is 36.1 Å². The standard InChI is InChI=1S/C22H26BrNO3S2/c1-28-13-11-20(16-25)24(15-17-7-9-19(23)10-8-17)21(26)12-14-29-22(27)18-5-3-2-4-6-18/h2-10,20,25H,11-16H2,1H3/t20-/m0/s1. The second kappa shape index (κ2) is 13.1. The number of carbonyl (C=O) groups is 2. The smallest absolute Gasteiger partial charge is 0.224 e. The van der Waals surface area contributed by atoms with Crippen molar-refractivity contribution in [2.75, 3.05) is 24.4 Å². The van der Waals surface area contributed by atoms with Gasteiger partial charge in [-0.15, -0.1) is 0 Å². The zero-order valence-electron chi connectivity index (χ0n) is 16.4. The number of rotatable bonds is 11. The summed E-state index contributed by atoms with van der Waals surface area (Å²) in [4.78, 5) is 27.0. The van der Waals surface area contributed by atoms with E-state index in [1.165, 1.54) is 0 Å². The molecule has 156 valence electrons. The molecule has 2 aromatic rings. The second-order valence-corrected chi connectivity index (χ2v) is 9.49. The molecule has 0 radical (unpaired) electrons. The summed E-state index contributed by atoms with van der Waals surface area (Å²) in [5.74, 6) is 1.25. The molecular weight excluding hydrogens is 470 g/mol. The third-order valence-corrected chi connectivity index (χ3v) is 6.53. The molecule has 0 aliphatic heterocycles. The highest BCUT2D eigenvalue weighted by Gasteiger charge is 2.23. The van der Waals surface area contributed by atoms with Crippen LogP contribution in [0.5, 0.6) is 0 Å². The largest absolute Gasteiger partial charge is 0.394 e. The maximum Gasteiger partial charge on any atom is 0.224 e. The van der Waals surface area contributed by atoms with E-state index in [-0.39, 0.29) is 30.1 Å². The SMILES string of the molecule is CSCC[C@@H](CO)N(Cc1ccc(Br)cc1)C(=O)CCSC(=O)c1ccccc1. The maximum atomic E-state index is 13.0. The van der Waals surface area contributed by atoms with Crippen LogP contribution in [0.4, 0.5) is 0 Å². The molecule has 0 saturated heterocycles. The molecule has 1 amide bonds. The molecule has 2 aromatic carbocycles. The van der Waals surface area contributed by atoms with Gasteiger partial charge in [-0.1, -0.05) is 70.2 Å². The predicted molar refractivity (Wildman–Crippen MR) is 126 cm³/mol. The Morgan fingerprint density at radius 2 is 1.76 bits per heavy atom. The number of hydrogen-bond donors (Lipinski definition) is 1. The van der Waals surface area contributed by atoms with E-state index in [0.717, 1.165) is 34.0 Å². The summed E-state index contributed by atoms with van der Waals surface area (Å²) in [6, 6.07) is 16.7. The summed E-state index contributed by atoms with van der Waals surface area (Å²) in [5, 5.41) is 9.86. The first-order chi connectivity index (χ1) is 14.0. The first-order valence-corrected chi connectivity index (χ1v) is 12.6. The van der Waals surface area contributed by atoms with Crippen molar-refractivity contribution in [3.63, 3.8) is 0 Å². The molecule has 29 heavy (non-hydrogen) atoms. The Labute approximate surface area is 189 Å². The molecular formula is C22H26BrNO3S2. The number of thioether (sulfide) groups is 2. The third-order valence-electron chi connectivity index (χ3n) is 4.45. The minimum atomic E-state index is -0.228. The Kier molecular flexibility index (Phi) is 10.8. The van der Waals surface area contributed by atoms with Gasteiger partial charge >= 0.3 is 0 Å². The number of benzene rings is 2. The quantitative estimate of drug-likeness (QED) is 0.482. The van der Waals surface area contributed by atoms with Gasteiger partial charge in [0.2, 0.25) is 11.0 Å². The van der Waals surface area contributed by atoms with Crippen molar-refractivity contribution in [3.05, 3.63) is 70.2 Å². The fourth-order valence-electron chi connectivity index (χ4n) is 2.84. The predicted octanol–water partition coefficient (Wildman–Crippen LogP) is 4.86. The topological polar surface area (TPSA) is 57.6 Å². The number of carbonyl (C=O) groups excluding carboxylic acids is 2. The van der Waals surface area contributed by atoms with Crippen LogP contribution in [0.3, 0.4) is 0 Å². The van der Waals surface area contributed by atoms with Gasteiger partial charge < -0.3 is 10.0 Å². The summed E-state index contributed by atoms with van der Waals surface area (Å²) in [6.07, 6.45) is 3.01. The van der Waals surface area contributed by atoms with Crippen LogP contribution in [0.25, 0.3) is 0 Å². The van der Waals surface area contributed by atoms with Crippen molar-refractivity contribution < 1.29 is 14.7 Å². The summed E-state index contributed by atoms with van der Waals surface area (Å²) in [7, 11) is 0. The lowest BCUT2D eigenvalue weighted by Gasteiger charge is -2.31. The molecule has 0 bridgehead atoms. The van der Waals surface area contributed by atoms with Crippen molar-refractivity contribution >= 4 is 50.5 Å². The Bertz CT molecular complexity index is 771. The molecule has 0 spiro atoms. The number of amides is 1. The Hall–Kier alpha value is -1.28. The van der Waals surface area contributed by atoms with E-state index < -0.39 is 0 Å². The van der Waals surface area contributed by atoms with E-state index in [0.29, 0.717) is 17.9 Å². The van der Waals surface area contributed by atoms with Gasteiger partial charge in [-0.3, -0.25) is 9.59 Å². The number of nitrogens with zero attached hydrogens (tertiary/aromatic N) is 1. The average molecular weight is 496 g/mol. The lowest BCUT2D eigenvalue weighted by atomic mass is 10.1. The molecule has 1 atom stereocenters. The van der Waals surface area contributed by atoms with Crippen LogP contribution in [0.1, 0.15) is 28.8 Å². The fourth-order valence-corrected chi connectivity index (χ4v) is 4.38. The molecule has 7 heteroatoms. The van der Waals surface area contributed by atoms with E-state index in [1.54, 1.807) is 28.8 Å². The molecule has 0 aromatic heterocycles. The molecule has 1 N–H and O–H groups in total. The molecule has 0 heterocycles. The van der Waals surface area contributed by atoms with Gasteiger partial charge in [0.15, 0.2) is 0 Å². The summed E-state index contributed by atoms with van der Waals surface area (Å²) < 4.78 is 0.982. The van der Waals surface area contributed by atoms with E-state index >= 15 is 0 Å². The van der Waals surface area contributed by atoms with E-state index in [4.69, 9.17) is 0 Å². The Morgan fingerprint density at radius 3 is 2.38 bits per heavy atom. The van der Waals surface area contributed by atoms with Gasteiger partial charge in [0, 0.05) is 28.8 Å². The summed E-state index contributed by atoms with van der Waals surface area (Å²) in [5.41, 5.74) is 1.65. The van der Waals surface area contributed by atoms with Crippen molar-refractivity contribution in [1.82, 2.24) is 4.90 Å². The van der Waals surface area contributed by atoms with E-state index in [9.17, 15) is 14.7 Å². The van der Waals surface area contributed by atoms with Crippen LogP contribution < -0.4 is 0 Å². The van der Waals surface area contributed by atoms with Crippen LogP contribution in [0, 0.1) is 0 Å². The van der Waals surface area contributed by atoms with Gasteiger partial charge in [0.25, 0.3) is 0 Å². The fraction of sp³-hybridized carbons (Fsp3) is 0.364. The molecule has 0 fully saturated rings. The van der Waals surface area contributed by atoms with Gasteiger partial charge in [-0.2, -0.15) is 11.8 Å². The molecule has 0 aliphatic carbocycles. The van der Waals surface area contributed by atoms with Crippen LogP contribution in [-0.4, -0.2) is 51.4 Å². The lowest BCUT2D eigenvalue weighted by Crippen LogP contribution is -2.42. The molecule has 0 saturated carbocycles. The Balaban J connectivity index is 2.00. The average Bonchev–Trinajstić information content (AvgIpc) is 2.75. The van der Waals surface area contributed by atoms with Crippen molar-refractivity contribution in [3.8, 4) is 0 Å². The van der Waals surface area contributed by atoms with Crippen molar-refractivity contribution in [2.24, 2.45) is 0 Å². The van der Waals surface area contributed by atoms with Gasteiger partial charge in [-0.25, -0.2) is 0 Å².